The van der Waals surface area contributed by atoms with Crippen molar-refractivity contribution in [3.63, 3.8) is 0 Å². The second-order valence-corrected chi connectivity index (χ2v) is 2.81. The van der Waals surface area contributed by atoms with E-state index in [1.165, 1.54) is 14.2 Å². The summed E-state index contributed by atoms with van der Waals surface area (Å²) in [4.78, 5) is 11.2. The fourth-order valence-electron chi connectivity index (χ4n) is 0.894. The summed E-state index contributed by atoms with van der Waals surface area (Å²) >= 11 is 0. The monoisotopic (exact) mass is 206 g/mol. The third-order valence-electron chi connectivity index (χ3n) is 1.66. The summed E-state index contributed by atoms with van der Waals surface area (Å²) in [7, 11) is 2.88. The highest BCUT2D eigenvalue weighted by atomic mass is 16.5. The Bertz CT molecular complexity index is 161. The number of hydrogen-bond donors (Lipinski definition) is 3. The molecule has 0 fully saturated rings. The highest BCUT2D eigenvalue weighted by molar-refractivity contribution is 5.80. The van der Waals surface area contributed by atoms with E-state index in [1.807, 2.05) is 0 Å². The fourth-order valence-corrected chi connectivity index (χ4v) is 0.894. The van der Waals surface area contributed by atoms with Crippen LogP contribution in [0.1, 0.15) is 0 Å². The Morgan fingerprint density at radius 2 is 2.21 bits per heavy atom. The number of ether oxygens (including phenoxy) is 2. The predicted octanol–water partition coefficient (Wildman–Crippen LogP) is -1.92. The fraction of sp³-hybridized carbons (Fsp3) is 0.875. The van der Waals surface area contributed by atoms with Crippen molar-refractivity contribution in [1.29, 1.82) is 0 Å². The molecule has 0 spiro atoms. The molecule has 0 saturated carbocycles. The van der Waals surface area contributed by atoms with Gasteiger partial charge < -0.3 is 25.6 Å². The van der Waals surface area contributed by atoms with Crippen LogP contribution in [0, 0.1) is 0 Å². The number of aliphatic hydroxyl groups is 1. The Kier molecular flexibility index (Phi) is 7.31. The summed E-state index contributed by atoms with van der Waals surface area (Å²) in [6.45, 7) is 0.426. The topological polar surface area (TPSA) is 93.8 Å². The van der Waals surface area contributed by atoms with E-state index in [2.05, 4.69) is 5.32 Å². The molecule has 0 aliphatic rings. The van der Waals surface area contributed by atoms with Gasteiger partial charge in [-0.3, -0.25) is 4.79 Å². The molecule has 1 amide bonds. The van der Waals surface area contributed by atoms with Gasteiger partial charge in [-0.2, -0.15) is 0 Å². The summed E-state index contributed by atoms with van der Waals surface area (Å²) in [6.07, 6.45) is -1.37. The Hall–Kier alpha value is -0.690. The van der Waals surface area contributed by atoms with Crippen LogP contribution in [0.3, 0.4) is 0 Å². The first-order valence-corrected chi connectivity index (χ1v) is 4.33. The van der Waals surface area contributed by atoms with Crippen LogP contribution in [0.5, 0.6) is 0 Å². The van der Waals surface area contributed by atoms with Crippen molar-refractivity contribution in [1.82, 2.24) is 5.32 Å². The maximum atomic E-state index is 11.2. The van der Waals surface area contributed by atoms with E-state index in [0.717, 1.165) is 0 Å². The lowest BCUT2D eigenvalue weighted by atomic mass is 10.3. The zero-order valence-electron chi connectivity index (χ0n) is 8.53. The van der Waals surface area contributed by atoms with Gasteiger partial charge in [-0.25, -0.2) is 0 Å². The smallest absolute Gasteiger partial charge is 0.250 e. The van der Waals surface area contributed by atoms with Crippen LogP contribution in [-0.2, 0) is 14.3 Å². The second kappa shape index (κ2) is 7.69. The zero-order valence-corrected chi connectivity index (χ0v) is 8.53. The number of rotatable bonds is 7. The summed E-state index contributed by atoms with van der Waals surface area (Å²) in [5, 5.41) is 11.7. The molecule has 0 aliphatic carbocycles. The molecule has 2 atom stereocenters. The maximum Gasteiger partial charge on any atom is 0.250 e. The van der Waals surface area contributed by atoms with Crippen LogP contribution in [0.4, 0.5) is 0 Å². The molecule has 0 heterocycles. The normalized spacial score (nSPS) is 14.9. The Morgan fingerprint density at radius 3 is 2.64 bits per heavy atom. The van der Waals surface area contributed by atoms with Gasteiger partial charge in [0.05, 0.1) is 12.7 Å². The number of nitrogens with one attached hydrogen (secondary N) is 1. The summed E-state index contributed by atoms with van der Waals surface area (Å²) < 4.78 is 9.50. The molecule has 0 rings (SSSR count). The summed E-state index contributed by atoms with van der Waals surface area (Å²) in [5.74, 6) is -0.329. The van der Waals surface area contributed by atoms with Gasteiger partial charge in [-0.05, 0) is 0 Å². The third-order valence-corrected chi connectivity index (χ3v) is 1.66. The number of carbonyl (C=O) groups is 1. The van der Waals surface area contributed by atoms with E-state index in [4.69, 9.17) is 15.2 Å². The van der Waals surface area contributed by atoms with Crippen LogP contribution in [0.25, 0.3) is 0 Å². The minimum atomic E-state index is -0.709. The molecule has 4 N–H and O–H groups in total. The van der Waals surface area contributed by atoms with Crippen molar-refractivity contribution < 1.29 is 19.4 Å². The summed E-state index contributed by atoms with van der Waals surface area (Å²) in [5.41, 5.74) is 5.28. The molecule has 6 nitrogen and oxygen atoms in total. The van der Waals surface area contributed by atoms with E-state index >= 15 is 0 Å². The first-order valence-electron chi connectivity index (χ1n) is 4.33. The molecule has 84 valence electrons. The van der Waals surface area contributed by atoms with E-state index in [9.17, 15) is 9.90 Å². The van der Waals surface area contributed by atoms with Crippen LogP contribution in [0.2, 0.25) is 0 Å². The Labute approximate surface area is 83.4 Å². The van der Waals surface area contributed by atoms with Crippen LogP contribution in [0.15, 0.2) is 0 Å². The zero-order chi connectivity index (χ0) is 11.0. The number of hydrogen-bond acceptors (Lipinski definition) is 5. The number of nitrogens with two attached hydrogens (primary N) is 1. The van der Waals surface area contributed by atoms with Crippen molar-refractivity contribution >= 4 is 5.91 Å². The van der Waals surface area contributed by atoms with Gasteiger partial charge in [-0.1, -0.05) is 0 Å². The molecule has 14 heavy (non-hydrogen) atoms. The van der Waals surface area contributed by atoms with Gasteiger partial charge in [0.15, 0.2) is 0 Å². The molecule has 0 saturated heterocycles. The van der Waals surface area contributed by atoms with Crippen LogP contribution in [-0.4, -0.2) is 57.1 Å². The van der Waals surface area contributed by atoms with Crippen molar-refractivity contribution in [2.45, 2.75) is 12.2 Å². The van der Waals surface area contributed by atoms with Crippen LogP contribution >= 0.6 is 0 Å². The van der Waals surface area contributed by atoms with Crippen molar-refractivity contribution in [3.05, 3.63) is 0 Å². The van der Waals surface area contributed by atoms with E-state index in [0.29, 0.717) is 0 Å². The van der Waals surface area contributed by atoms with Gasteiger partial charge in [0, 0.05) is 27.3 Å². The lowest BCUT2D eigenvalue weighted by molar-refractivity contribution is -0.131. The largest absolute Gasteiger partial charge is 0.389 e. The molecule has 2 unspecified atom stereocenters. The lowest BCUT2D eigenvalue weighted by Gasteiger charge is -2.15. The first-order chi connectivity index (χ1) is 6.65. The lowest BCUT2D eigenvalue weighted by Crippen LogP contribution is -2.44. The quantitative estimate of drug-likeness (QED) is 0.451. The third kappa shape index (κ3) is 5.13. The average Bonchev–Trinajstić information content (AvgIpc) is 2.17. The maximum absolute atomic E-state index is 11.2. The number of methoxy groups -OCH3 is 2. The van der Waals surface area contributed by atoms with Gasteiger partial charge in [-0.15, -0.1) is 0 Å². The number of aliphatic hydroxyl groups excluding tert-OH is 1. The van der Waals surface area contributed by atoms with Gasteiger partial charge in [0.25, 0.3) is 5.91 Å². The molecule has 0 radical (unpaired) electrons. The van der Waals surface area contributed by atoms with Crippen molar-refractivity contribution in [2.24, 2.45) is 5.73 Å². The molecular weight excluding hydrogens is 188 g/mol. The number of amides is 1. The van der Waals surface area contributed by atoms with E-state index in [-0.39, 0.29) is 25.6 Å². The minimum absolute atomic E-state index is 0.114. The molecule has 0 aromatic carbocycles. The van der Waals surface area contributed by atoms with E-state index < -0.39 is 12.2 Å². The Morgan fingerprint density at radius 1 is 1.57 bits per heavy atom. The van der Waals surface area contributed by atoms with E-state index in [1.54, 1.807) is 0 Å². The first kappa shape index (κ1) is 13.3. The van der Waals surface area contributed by atoms with Crippen LogP contribution < -0.4 is 11.1 Å². The second-order valence-electron chi connectivity index (χ2n) is 2.81. The molecule has 0 aliphatic heterocycles. The highest BCUT2D eigenvalue weighted by Gasteiger charge is 2.16. The van der Waals surface area contributed by atoms with Crippen molar-refractivity contribution in [2.75, 3.05) is 33.9 Å². The molecule has 0 aromatic rings. The van der Waals surface area contributed by atoms with Gasteiger partial charge in [0.2, 0.25) is 0 Å². The van der Waals surface area contributed by atoms with Gasteiger partial charge >= 0.3 is 0 Å². The minimum Gasteiger partial charge on any atom is -0.389 e. The molecular formula is C8H18N2O4. The number of carbonyl (C=O) groups excluding carboxylic acids is 1. The highest BCUT2D eigenvalue weighted by Crippen LogP contribution is 1.88. The van der Waals surface area contributed by atoms with Gasteiger partial charge in [0.1, 0.15) is 6.10 Å². The molecule has 0 aromatic heterocycles. The standard InChI is InChI=1S/C8H18N2O4/c1-13-5-6(11)4-10-8(12)7(3-9)14-2/h6-7,11H,3-5,9H2,1-2H3,(H,10,12). The molecule has 0 bridgehead atoms. The Balaban J connectivity index is 3.71. The SMILES string of the molecule is COCC(O)CNC(=O)C(CN)OC. The molecule has 6 heteroatoms. The average molecular weight is 206 g/mol. The summed E-state index contributed by atoms with van der Waals surface area (Å²) in [6, 6.07) is 0. The predicted molar refractivity (Wildman–Crippen MR) is 50.7 cm³/mol. The van der Waals surface area contributed by atoms with Crippen molar-refractivity contribution in [3.8, 4) is 0 Å².